The van der Waals surface area contributed by atoms with Gasteiger partial charge in [0.2, 0.25) is 11.8 Å². The molecule has 0 aliphatic heterocycles. The van der Waals surface area contributed by atoms with E-state index in [4.69, 9.17) is 4.42 Å². The molecule has 1 amide bonds. The summed E-state index contributed by atoms with van der Waals surface area (Å²) in [7, 11) is 0. The number of hydrogen-bond donors (Lipinski definition) is 1. The third-order valence-electron chi connectivity index (χ3n) is 4.27. The Morgan fingerprint density at radius 1 is 0.862 bits per heavy atom. The molecule has 1 N–H and O–H groups in total. The van der Waals surface area contributed by atoms with Crippen molar-refractivity contribution in [1.29, 1.82) is 0 Å². The van der Waals surface area contributed by atoms with Crippen LogP contribution in [0.3, 0.4) is 0 Å². The Balaban J connectivity index is 1.68. The SMILES string of the molecule is O=C(NC(c1ccc(F)cc1)c1nnc(-c2ccccc2)o1)c1cccc(F)c1. The number of amides is 1. The van der Waals surface area contributed by atoms with Crippen LogP contribution in [0.4, 0.5) is 8.78 Å². The van der Waals surface area contributed by atoms with Crippen molar-refractivity contribution in [3.63, 3.8) is 0 Å². The van der Waals surface area contributed by atoms with E-state index in [2.05, 4.69) is 15.5 Å². The summed E-state index contributed by atoms with van der Waals surface area (Å²) < 4.78 is 32.6. The van der Waals surface area contributed by atoms with Crippen LogP contribution in [0.15, 0.2) is 83.3 Å². The van der Waals surface area contributed by atoms with Crippen LogP contribution >= 0.6 is 0 Å². The molecule has 0 bridgehead atoms. The summed E-state index contributed by atoms with van der Waals surface area (Å²) in [6.45, 7) is 0. The minimum Gasteiger partial charge on any atom is -0.418 e. The molecule has 29 heavy (non-hydrogen) atoms. The fourth-order valence-electron chi connectivity index (χ4n) is 2.84. The fraction of sp³-hybridized carbons (Fsp3) is 0.0455. The predicted molar refractivity (Wildman–Crippen MR) is 102 cm³/mol. The van der Waals surface area contributed by atoms with Gasteiger partial charge in [0.05, 0.1) is 0 Å². The first-order valence-corrected chi connectivity index (χ1v) is 8.81. The lowest BCUT2D eigenvalue weighted by Gasteiger charge is -2.16. The highest BCUT2D eigenvalue weighted by atomic mass is 19.1. The summed E-state index contributed by atoms with van der Waals surface area (Å²) in [5, 5.41) is 10.9. The highest BCUT2D eigenvalue weighted by Crippen LogP contribution is 2.25. The van der Waals surface area contributed by atoms with Crippen molar-refractivity contribution in [1.82, 2.24) is 15.5 Å². The van der Waals surface area contributed by atoms with E-state index in [-0.39, 0.29) is 17.3 Å². The summed E-state index contributed by atoms with van der Waals surface area (Å²) in [6.07, 6.45) is 0. The van der Waals surface area contributed by atoms with Gasteiger partial charge in [0.15, 0.2) is 0 Å². The van der Waals surface area contributed by atoms with Gasteiger partial charge in [-0.2, -0.15) is 0 Å². The van der Waals surface area contributed by atoms with E-state index in [1.54, 1.807) is 0 Å². The van der Waals surface area contributed by atoms with E-state index in [1.165, 1.54) is 42.5 Å². The normalized spacial score (nSPS) is 11.8. The fourth-order valence-corrected chi connectivity index (χ4v) is 2.84. The molecule has 0 saturated heterocycles. The van der Waals surface area contributed by atoms with Gasteiger partial charge in [0.25, 0.3) is 5.91 Å². The average molecular weight is 391 g/mol. The Bertz CT molecular complexity index is 1130. The van der Waals surface area contributed by atoms with Crippen molar-refractivity contribution in [3.8, 4) is 11.5 Å². The van der Waals surface area contributed by atoms with Crippen LogP contribution in [0.5, 0.6) is 0 Å². The van der Waals surface area contributed by atoms with Gasteiger partial charge in [0.1, 0.15) is 17.7 Å². The molecule has 144 valence electrons. The van der Waals surface area contributed by atoms with Crippen molar-refractivity contribution in [2.24, 2.45) is 0 Å². The Kier molecular flexibility index (Phi) is 5.11. The lowest BCUT2D eigenvalue weighted by Crippen LogP contribution is -2.29. The van der Waals surface area contributed by atoms with Crippen LogP contribution in [0.2, 0.25) is 0 Å². The van der Waals surface area contributed by atoms with Crippen LogP contribution in [0.25, 0.3) is 11.5 Å². The lowest BCUT2D eigenvalue weighted by atomic mass is 10.1. The monoisotopic (exact) mass is 391 g/mol. The van der Waals surface area contributed by atoms with E-state index < -0.39 is 23.6 Å². The molecule has 5 nitrogen and oxygen atoms in total. The van der Waals surface area contributed by atoms with Gasteiger partial charge >= 0.3 is 0 Å². The highest BCUT2D eigenvalue weighted by molar-refractivity contribution is 5.94. The molecule has 1 atom stereocenters. The maximum absolute atomic E-state index is 13.5. The van der Waals surface area contributed by atoms with Gasteiger partial charge in [-0.25, -0.2) is 8.78 Å². The molecule has 1 unspecified atom stereocenters. The molecule has 0 aliphatic rings. The molecule has 1 heterocycles. The molecule has 0 spiro atoms. The summed E-state index contributed by atoms with van der Waals surface area (Å²) in [5.74, 6) is -1.06. The molecule has 0 fully saturated rings. The number of carbonyl (C=O) groups excluding carboxylic acids is 1. The van der Waals surface area contributed by atoms with Crippen molar-refractivity contribution in [2.45, 2.75) is 6.04 Å². The third kappa shape index (κ3) is 4.19. The minimum atomic E-state index is -0.837. The van der Waals surface area contributed by atoms with E-state index in [0.29, 0.717) is 5.56 Å². The molecular weight excluding hydrogens is 376 g/mol. The number of aromatic nitrogens is 2. The molecule has 0 saturated carbocycles. The van der Waals surface area contributed by atoms with Gasteiger partial charge < -0.3 is 9.73 Å². The van der Waals surface area contributed by atoms with E-state index >= 15 is 0 Å². The second-order valence-corrected chi connectivity index (χ2v) is 6.28. The van der Waals surface area contributed by atoms with Crippen molar-refractivity contribution < 1.29 is 18.0 Å². The minimum absolute atomic E-state index is 0.125. The third-order valence-corrected chi connectivity index (χ3v) is 4.27. The zero-order valence-corrected chi connectivity index (χ0v) is 15.0. The largest absolute Gasteiger partial charge is 0.418 e. The quantitative estimate of drug-likeness (QED) is 0.543. The van der Waals surface area contributed by atoms with Crippen molar-refractivity contribution in [3.05, 3.63) is 108 Å². The Hall–Kier alpha value is -3.87. The molecule has 3 aromatic carbocycles. The van der Waals surface area contributed by atoms with Gasteiger partial charge in [0, 0.05) is 11.1 Å². The number of carbonyl (C=O) groups is 1. The first-order valence-electron chi connectivity index (χ1n) is 8.81. The number of nitrogens with zero attached hydrogens (tertiary/aromatic N) is 2. The van der Waals surface area contributed by atoms with E-state index in [9.17, 15) is 13.6 Å². The maximum atomic E-state index is 13.5. The van der Waals surface area contributed by atoms with Crippen LogP contribution < -0.4 is 5.32 Å². The first kappa shape index (κ1) is 18.5. The zero-order valence-electron chi connectivity index (χ0n) is 15.0. The van der Waals surface area contributed by atoms with Crippen LogP contribution in [0.1, 0.15) is 27.9 Å². The second kappa shape index (κ2) is 8.02. The van der Waals surface area contributed by atoms with Gasteiger partial charge in [-0.1, -0.05) is 36.4 Å². The molecule has 4 aromatic rings. The van der Waals surface area contributed by atoms with Crippen molar-refractivity contribution in [2.75, 3.05) is 0 Å². The number of halogens is 2. The Labute approximate surface area is 165 Å². The van der Waals surface area contributed by atoms with Crippen LogP contribution in [-0.4, -0.2) is 16.1 Å². The molecule has 0 aliphatic carbocycles. The number of rotatable bonds is 5. The Morgan fingerprint density at radius 3 is 2.34 bits per heavy atom. The van der Waals surface area contributed by atoms with Crippen molar-refractivity contribution >= 4 is 5.91 Å². The topological polar surface area (TPSA) is 68.0 Å². The molecule has 0 radical (unpaired) electrons. The average Bonchev–Trinajstić information content (AvgIpc) is 3.23. The van der Waals surface area contributed by atoms with Gasteiger partial charge in [-0.15, -0.1) is 10.2 Å². The first-order chi connectivity index (χ1) is 14.1. The highest BCUT2D eigenvalue weighted by Gasteiger charge is 2.24. The zero-order chi connectivity index (χ0) is 20.2. The van der Waals surface area contributed by atoms with Gasteiger partial charge in [-0.05, 0) is 48.0 Å². The van der Waals surface area contributed by atoms with Crippen LogP contribution in [0, 0.1) is 11.6 Å². The summed E-state index contributed by atoms with van der Waals surface area (Å²) >= 11 is 0. The molecule has 1 aromatic heterocycles. The van der Waals surface area contributed by atoms with E-state index in [1.807, 2.05) is 30.3 Å². The smallest absolute Gasteiger partial charge is 0.252 e. The Morgan fingerprint density at radius 2 is 1.62 bits per heavy atom. The summed E-state index contributed by atoms with van der Waals surface area (Å²) in [4.78, 5) is 12.7. The molecule has 4 rings (SSSR count). The lowest BCUT2D eigenvalue weighted by molar-refractivity contribution is 0.0937. The predicted octanol–water partition coefficient (Wildman–Crippen LogP) is 4.53. The standard InChI is InChI=1S/C22H15F2N3O2/c23-17-11-9-14(10-12-17)19(25-20(28)16-7-4-8-18(24)13-16)22-27-26-21(29-22)15-5-2-1-3-6-15/h1-13,19H,(H,25,28). The second-order valence-electron chi connectivity index (χ2n) is 6.28. The number of nitrogens with one attached hydrogen (secondary N) is 1. The van der Waals surface area contributed by atoms with Gasteiger partial charge in [-0.3, -0.25) is 4.79 Å². The summed E-state index contributed by atoms with van der Waals surface area (Å²) in [6, 6.07) is 19.2. The number of benzene rings is 3. The molecule has 7 heteroatoms. The molecular formula is C22H15F2N3O2. The van der Waals surface area contributed by atoms with Crippen LogP contribution in [-0.2, 0) is 0 Å². The number of hydrogen-bond acceptors (Lipinski definition) is 4. The van der Waals surface area contributed by atoms with E-state index in [0.717, 1.165) is 11.6 Å². The summed E-state index contributed by atoms with van der Waals surface area (Å²) in [5.41, 5.74) is 1.40. The maximum Gasteiger partial charge on any atom is 0.252 e.